The van der Waals surface area contributed by atoms with Crippen molar-refractivity contribution in [2.45, 2.75) is 52.4 Å². The summed E-state index contributed by atoms with van der Waals surface area (Å²) in [5.41, 5.74) is 1.45. The highest BCUT2D eigenvalue weighted by atomic mass is 16.3. The van der Waals surface area contributed by atoms with Crippen LogP contribution in [0.5, 0.6) is 5.75 Å². The molecule has 0 bridgehead atoms. The largest absolute Gasteiger partial charge is 0.508 e. The Kier molecular flexibility index (Phi) is 4.76. The third-order valence-electron chi connectivity index (χ3n) is 2.85. The van der Waals surface area contributed by atoms with Gasteiger partial charge in [-0.05, 0) is 30.0 Å². The summed E-state index contributed by atoms with van der Waals surface area (Å²) in [6, 6.07) is 5.21. The molecule has 0 radical (unpaired) electrons. The van der Waals surface area contributed by atoms with E-state index >= 15 is 0 Å². The highest BCUT2D eigenvalue weighted by Crippen LogP contribution is 2.32. The number of aromatic hydroxyl groups is 1. The smallest absolute Gasteiger partial charge is 0.224 e. The van der Waals surface area contributed by atoms with Gasteiger partial charge in [-0.15, -0.1) is 0 Å². The number of hydrogen-bond donors (Lipinski definition) is 2. The lowest BCUT2D eigenvalue weighted by atomic mass is 9.86. The van der Waals surface area contributed by atoms with E-state index in [0.717, 1.165) is 24.1 Å². The number of anilines is 1. The maximum atomic E-state index is 11.6. The maximum Gasteiger partial charge on any atom is 0.224 e. The lowest BCUT2D eigenvalue weighted by Gasteiger charge is -2.21. The summed E-state index contributed by atoms with van der Waals surface area (Å²) >= 11 is 0. The number of phenolic OH excluding ortho intramolecular Hbond substituents is 1. The van der Waals surface area contributed by atoms with Crippen LogP contribution in [0.4, 0.5) is 5.69 Å². The summed E-state index contributed by atoms with van der Waals surface area (Å²) in [4.78, 5) is 11.6. The van der Waals surface area contributed by atoms with Gasteiger partial charge in [-0.3, -0.25) is 4.79 Å². The number of phenols is 1. The van der Waals surface area contributed by atoms with Gasteiger partial charge < -0.3 is 10.4 Å². The van der Waals surface area contributed by atoms with Crippen LogP contribution in [0.2, 0.25) is 0 Å². The minimum Gasteiger partial charge on any atom is -0.508 e. The molecule has 0 aliphatic carbocycles. The number of carbonyl (C=O) groups is 1. The first kappa shape index (κ1) is 14.6. The monoisotopic (exact) mass is 249 g/mol. The van der Waals surface area contributed by atoms with Crippen molar-refractivity contribution < 1.29 is 9.90 Å². The van der Waals surface area contributed by atoms with Crippen LogP contribution in [-0.2, 0) is 10.2 Å². The predicted molar refractivity (Wildman–Crippen MR) is 75.0 cm³/mol. The first-order valence-electron chi connectivity index (χ1n) is 6.48. The van der Waals surface area contributed by atoms with Gasteiger partial charge in [-0.25, -0.2) is 0 Å². The van der Waals surface area contributed by atoms with Gasteiger partial charge >= 0.3 is 0 Å². The van der Waals surface area contributed by atoms with Crippen LogP contribution < -0.4 is 5.32 Å². The molecule has 0 aliphatic heterocycles. The lowest BCUT2D eigenvalue weighted by molar-refractivity contribution is -0.116. The average Bonchev–Trinajstić information content (AvgIpc) is 2.27. The fourth-order valence-electron chi connectivity index (χ4n) is 1.78. The van der Waals surface area contributed by atoms with Crippen LogP contribution in [0, 0.1) is 0 Å². The van der Waals surface area contributed by atoms with E-state index in [0.29, 0.717) is 6.42 Å². The molecule has 2 N–H and O–H groups in total. The van der Waals surface area contributed by atoms with Crippen LogP contribution in [0.3, 0.4) is 0 Å². The summed E-state index contributed by atoms with van der Waals surface area (Å²) < 4.78 is 0. The molecular formula is C15H23NO2. The van der Waals surface area contributed by atoms with Gasteiger partial charge in [0.1, 0.15) is 5.75 Å². The highest BCUT2D eigenvalue weighted by Gasteiger charge is 2.18. The fourth-order valence-corrected chi connectivity index (χ4v) is 1.78. The minimum absolute atomic E-state index is 0.0300. The van der Waals surface area contributed by atoms with Crippen molar-refractivity contribution in [1.82, 2.24) is 0 Å². The number of rotatable bonds is 4. The van der Waals surface area contributed by atoms with Gasteiger partial charge in [0.15, 0.2) is 0 Å². The first-order valence-corrected chi connectivity index (χ1v) is 6.48. The van der Waals surface area contributed by atoms with Crippen LogP contribution in [0.15, 0.2) is 18.2 Å². The molecule has 100 valence electrons. The van der Waals surface area contributed by atoms with E-state index in [1.807, 2.05) is 26.8 Å². The average molecular weight is 249 g/mol. The van der Waals surface area contributed by atoms with Crippen molar-refractivity contribution in [3.05, 3.63) is 23.8 Å². The Morgan fingerprint density at radius 1 is 1.33 bits per heavy atom. The first-order chi connectivity index (χ1) is 8.34. The Bertz CT molecular complexity index is 419. The second-order valence-electron chi connectivity index (χ2n) is 5.63. The summed E-state index contributed by atoms with van der Waals surface area (Å²) in [6.45, 7) is 8.16. The van der Waals surface area contributed by atoms with Crippen molar-refractivity contribution in [1.29, 1.82) is 0 Å². The molecule has 3 nitrogen and oxygen atoms in total. The van der Waals surface area contributed by atoms with Crippen molar-refractivity contribution in [2.24, 2.45) is 0 Å². The fraction of sp³-hybridized carbons (Fsp3) is 0.533. The molecule has 3 heteroatoms. The molecule has 0 saturated carbocycles. The van der Waals surface area contributed by atoms with Crippen molar-refractivity contribution in [2.75, 3.05) is 5.32 Å². The Labute approximate surface area is 109 Å². The zero-order valence-corrected chi connectivity index (χ0v) is 11.7. The number of carbonyl (C=O) groups excluding carboxylic acids is 1. The molecule has 0 spiro atoms. The predicted octanol–water partition coefficient (Wildman–Crippen LogP) is 3.82. The van der Waals surface area contributed by atoms with E-state index in [9.17, 15) is 9.90 Å². The van der Waals surface area contributed by atoms with Crippen LogP contribution in [0.1, 0.15) is 52.5 Å². The van der Waals surface area contributed by atoms with Gasteiger partial charge in [0, 0.05) is 17.7 Å². The Hall–Kier alpha value is -1.51. The molecule has 1 aromatic carbocycles. The number of amides is 1. The summed E-state index contributed by atoms with van der Waals surface area (Å²) in [7, 11) is 0. The molecule has 0 aromatic heterocycles. The Balaban J connectivity index is 2.83. The number of hydrogen-bond acceptors (Lipinski definition) is 2. The third-order valence-corrected chi connectivity index (χ3v) is 2.85. The zero-order chi connectivity index (χ0) is 13.8. The van der Waals surface area contributed by atoms with Crippen molar-refractivity contribution in [3.63, 3.8) is 0 Å². The van der Waals surface area contributed by atoms with Gasteiger partial charge in [-0.1, -0.05) is 34.1 Å². The SMILES string of the molecule is CCCCC(=O)Nc1ccc(O)c(C(C)(C)C)c1. The molecule has 18 heavy (non-hydrogen) atoms. The Morgan fingerprint density at radius 2 is 2.00 bits per heavy atom. The van der Waals surface area contributed by atoms with E-state index < -0.39 is 0 Å². The molecular weight excluding hydrogens is 226 g/mol. The molecule has 1 amide bonds. The minimum atomic E-state index is -0.145. The molecule has 0 unspecified atom stereocenters. The van der Waals surface area contributed by atoms with Crippen molar-refractivity contribution in [3.8, 4) is 5.75 Å². The summed E-state index contributed by atoms with van der Waals surface area (Å²) in [5.74, 6) is 0.302. The molecule has 0 aliphatic rings. The quantitative estimate of drug-likeness (QED) is 0.797. The van der Waals surface area contributed by atoms with E-state index in [4.69, 9.17) is 0 Å². The molecule has 0 saturated heterocycles. The highest BCUT2D eigenvalue weighted by molar-refractivity contribution is 5.90. The van der Waals surface area contributed by atoms with Crippen molar-refractivity contribution >= 4 is 11.6 Å². The number of unbranched alkanes of at least 4 members (excludes halogenated alkanes) is 1. The van der Waals surface area contributed by atoms with Gasteiger partial charge in [0.2, 0.25) is 5.91 Å². The van der Waals surface area contributed by atoms with Gasteiger partial charge in [0.05, 0.1) is 0 Å². The van der Waals surface area contributed by atoms with E-state index in [1.54, 1.807) is 12.1 Å². The normalized spacial score (nSPS) is 11.3. The van der Waals surface area contributed by atoms with E-state index in [2.05, 4.69) is 12.2 Å². The van der Waals surface area contributed by atoms with Crippen LogP contribution in [-0.4, -0.2) is 11.0 Å². The second-order valence-corrected chi connectivity index (χ2v) is 5.63. The van der Waals surface area contributed by atoms with Gasteiger partial charge in [-0.2, -0.15) is 0 Å². The lowest BCUT2D eigenvalue weighted by Crippen LogP contribution is -2.14. The summed E-state index contributed by atoms with van der Waals surface area (Å²) in [6.07, 6.45) is 2.45. The summed E-state index contributed by atoms with van der Waals surface area (Å²) in [5, 5.41) is 12.7. The topological polar surface area (TPSA) is 49.3 Å². The molecule has 0 heterocycles. The van der Waals surface area contributed by atoms with E-state index in [-0.39, 0.29) is 17.1 Å². The molecule has 1 rings (SSSR count). The molecule has 0 fully saturated rings. The van der Waals surface area contributed by atoms with Gasteiger partial charge in [0.25, 0.3) is 0 Å². The number of nitrogens with one attached hydrogen (secondary N) is 1. The standard InChI is InChI=1S/C15H23NO2/c1-5-6-7-14(18)16-11-8-9-13(17)12(10-11)15(2,3)4/h8-10,17H,5-7H2,1-4H3,(H,16,18). The third kappa shape index (κ3) is 4.06. The van der Waals surface area contributed by atoms with Crippen LogP contribution >= 0.6 is 0 Å². The van der Waals surface area contributed by atoms with Crippen LogP contribution in [0.25, 0.3) is 0 Å². The zero-order valence-electron chi connectivity index (χ0n) is 11.7. The van der Waals surface area contributed by atoms with E-state index in [1.165, 1.54) is 0 Å². The molecule has 0 atom stereocenters. The number of benzene rings is 1. The Morgan fingerprint density at radius 3 is 2.56 bits per heavy atom. The molecule has 1 aromatic rings. The second kappa shape index (κ2) is 5.89. The maximum absolute atomic E-state index is 11.6.